The van der Waals surface area contributed by atoms with E-state index < -0.39 is 0 Å². The van der Waals surface area contributed by atoms with Gasteiger partial charge in [0.25, 0.3) is 11.8 Å². The maximum absolute atomic E-state index is 12.1. The van der Waals surface area contributed by atoms with Crippen LogP contribution in [0.25, 0.3) is 22.8 Å². The first-order valence-electron chi connectivity index (χ1n) is 9.02. The van der Waals surface area contributed by atoms with Crippen molar-refractivity contribution in [1.82, 2.24) is 15.1 Å². The molecule has 2 heterocycles. The normalized spacial score (nSPS) is 10.5. The number of nitrogens with zero attached hydrogens (tertiary/aromatic N) is 3. The van der Waals surface area contributed by atoms with Crippen LogP contribution in [-0.2, 0) is 4.79 Å². The first kappa shape index (κ1) is 18.4. The molecule has 0 aliphatic rings. The number of anilines is 1. The van der Waals surface area contributed by atoms with Gasteiger partial charge in [-0.05, 0) is 37.3 Å². The van der Waals surface area contributed by atoms with E-state index >= 15 is 0 Å². The molecule has 2 aromatic carbocycles. The number of hydrogen-bond donors (Lipinski definition) is 1. The van der Waals surface area contributed by atoms with E-state index in [4.69, 9.17) is 9.26 Å². The van der Waals surface area contributed by atoms with Crippen LogP contribution in [-0.4, -0.2) is 27.6 Å². The molecular formula is C22H18N4O3. The molecule has 7 nitrogen and oxygen atoms in total. The van der Waals surface area contributed by atoms with Gasteiger partial charge < -0.3 is 14.6 Å². The van der Waals surface area contributed by atoms with Crippen LogP contribution < -0.4 is 10.1 Å². The third-order valence-corrected chi connectivity index (χ3v) is 4.14. The Hall–Kier alpha value is -4.00. The van der Waals surface area contributed by atoms with Crippen molar-refractivity contribution >= 4 is 11.6 Å². The zero-order valence-electron chi connectivity index (χ0n) is 15.7. The Morgan fingerprint density at radius 2 is 1.90 bits per heavy atom. The second-order valence-electron chi connectivity index (χ2n) is 6.36. The Kier molecular flexibility index (Phi) is 5.29. The van der Waals surface area contributed by atoms with Crippen LogP contribution in [0.2, 0.25) is 0 Å². The maximum atomic E-state index is 12.1. The second kappa shape index (κ2) is 8.35. The first-order chi connectivity index (χ1) is 14.2. The lowest BCUT2D eigenvalue weighted by Crippen LogP contribution is -2.20. The van der Waals surface area contributed by atoms with Gasteiger partial charge in [0.1, 0.15) is 5.75 Å². The number of aromatic nitrogens is 3. The molecule has 7 heteroatoms. The Morgan fingerprint density at radius 3 is 2.72 bits per heavy atom. The summed E-state index contributed by atoms with van der Waals surface area (Å²) in [6, 6.07) is 18.5. The summed E-state index contributed by atoms with van der Waals surface area (Å²) in [7, 11) is 0. The third kappa shape index (κ3) is 4.47. The summed E-state index contributed by atoms with van der Waals surface area (Å²) in [5.41, 5.74) is 3.25. The molecule has 144 valence electrons. The monoisotopic (exact) mass is 386 g/mol. The number of aryl methyl sites for hydroxylation is 1. The van der Waals surface area contributed by atoms with E-state index in [0.29, 0.717) is 28.7 Å². The lowest BCUT2D eigenvalue weighted by Gasteiger charge is -2.09. The predicted molar refractivity (Wildman–Crippen MR) is 108 cm³/mol. The molecule has 0 unspecified atom stereocenters. The lowest BCUT2D eigenvalue weighted by atomic mass is 10.1. The van der Waals surface area contributed by atoms with E-state index in [0.717, 1.165) is 11.1 Å². The van der Waals surface area contributed by atoms with Gasteiger partial charge in [-0.3, -0.25) is 9.78 Å². The van der Waals surface area contributed by atoms with E-state index in [1.165, 1.54) is 0 Å². The van der Waals surface area contributed by atoms with Crippen molar-refractivity contribution in [3.05, 3.63) is 78.6 Å². The lowest BCUT2D eigenvalue weighted by molar-refractivity contribution is -0.118. The van der Waals surface area contributed by atoms with Gasteiger partial charge in [-0.15, -0.1) is 0 Å². The van der Waals surface area contributed by atoms with Gasteiger partial charge >= 0.3 is 0 Å². The van der Waals surface area contributed by atoms with Gasteiger partial charge in [-0.2, -0.15) is 4.98 Å². The summed E-state index contributed by atoms with van der Waals surface area (Å²) in [6.07, 6.45) is 3.21. The molecule has 29 heavy (non-hydrogen) atoms. The molecule has 0 radical (unpaired) electrons. The number of para-hydroxylation sites is 1. The van der Waals surface area contributed by atoms with Crippen molar-refractivity contribution < 1.29 is 14.1 Å². The topological polar surface area (TPSA) is 90.1 Å². The zero-order valence-corrected chi connectivity index (χ0v) is 15.7. The largest absolute Gasteiger partial charge is 0.483 e. The Bertz CT molecular complexity index is 1130. The minimum atomic E-state index is -0.281. The average molecular weight is 386 g/mol. The summed E-state index contributed by atoms with van der Waals surface area (Å²) in [5.74, 6) is 1.02. The number of nitrogens with one attached hydrogen (secondary N) is 1. The highest BCUT2D eigenvalue weighted by atomic mass is 16.5. The molecule has 1 N–H and O–H groups in total. The first-order valence-corrected chi connectivity index (χ1v) is 9.02. The molecule has 0 fully saturated rings. The molecule has 0 atom stereocenters. The number of hydrogen-bond acceptors (Lipinski definition) is 6. The summed E-state index contributed by atoms with van der Waals surface area (Å²) >= 11 is 0. The van der Waals surface area contributed by atoms with Gasteiger partial charge in [0, 0.05) is 23.6 Å². The summed E-state index contributed by atoms with van der Waals surface area (Å²) in [5, 5.41) is 6.82. The molecule has 0 bridgehead atoms. The Balaban J connectivity index is 1.49. The second-order valence-corrected chi connectivity index (χ2v) is 6.36. The number of amides is 1. The van der Waals surface area contributed by atoms with Crippen molar-refractivity contribution in [2.75, 3.05) is 11.9 Å². The Labute approximate surface area is 167 Å². The van der Waals surface area contributed by atoms with Crippen molar-refractivity contribution in [2.24, 2.45) is 0 Å². The van der Waals surface area contributed by atoms with Crippen LogP contribution in [0.1, 0.15) is 5.56 Å². The molecule has 0 saturated carbocycles. The predicted octanol–water partition coefficient (Wildman–Crippen LogP) is 4.12. The Morgan fingerprint density at radius 1 is 1.07 bits per heavy atom. The van der Waals surface area contributed by atoms with Crippen molar-refractivity contribution in [3.63, 3.8) is 0 Å². The number of rotatable bonds is 6. The van der Waals surface area contributed by atoms with Crippen LogP contribution >= 0.6 is 0 Å². The molecular weight excluding hydrogens is 368 g/mol. The number of benzene rings is 2. The summed E-state index contributed by atoms with van der Waals surface area (Å²) < 4.78 is 11.1. The summed E-state index contributed by atoms with van der Waals surface area (Å²) in [4.78, 5) is 20.5. The number of ether oxygens (including phenoxy) is 1. The number of pyridine rings is 1. The molecule has 2 aromatic heterocycles. The van der Waals surface area contributed by atoms with Gasteiger partial charge in [0.15, 0.2) is 6.61 Å². The van der Waals surface area contributed by atoms with Crippen LogP contribution in [0, 0.1) is 6.92 Å². The van der Waals surface area contributed by atoms with Crippen LogP contribution in [0.4, 0.5) is 5.69 Å². The smallest absolute Gasteiger partial charge is 0.262 e. The van der Waals surface area contributed by atoms with E-state index in [9.17, 15) is 4.79 Å². The SMILES string of the molecule is Cc1cccc(-c2noc(-c3ccccc3OCC(=O)Nc3ccncc3)n2)c1. The minimum absolute atomic E-state index is 0.155. The standard InChI is InChI=1S/C22H18N4O3/c1-15-5-4-6-16(13-15)21-25-22(29-26-21)18-7-2-3-8-19(18)28-14-20(27)24-17-9-11-23-12-10-17/h2-13H,14H2,1H3,(H,23,24,27). The summed E-state index contributed by atoms with van der Waals surface area (Å²) in [6.45, 7) is 1.85. The fourth-order valence-electron chi connectivity index (χ4n) is 2.78. The van der Waals surface area contributed by atoms with E-state index in [1.54, 1.807) is 30.6 Å². The highest BCUT2D eigenvalue weighted by Crippen LogP contribution is 2.30. The number of carbonyl (C=O) groups excluding carboxylic acids is 1. The highest BCUT2D eigenvalue weighted by Gasteiger charge is 2.16. The quantitative estimate of drug-likeness (QED) is 0.536. The molecule has 4 rings (SSSR count). The van der Waals surface area contributed by atoms with Gasteiger partial charge in [-0.25, -0.2) is 0 Å². The fourth-order valence-corrected chi connectivity index (χ4v) is 2.78. The maximum Gasteiger partial charge on any atom is 0.262 e. The van der Waals surface area contributed by atoms with E-state index in [-0.39, 0.29) is 12.5 Å². The minimum Gasteiger partial charge on any atom is -0.483 e. The average Bonchev–Trinajstić information content (AvgIpc) is 3.23. The van der Waals surface area contributed by atoms with Gasteiger partial charge in [-0.1, -0.05) is 41.1 Å². The van der Waals surface area contributed by atoms with Gasteiger partial charge in [0.2, 0.25) is 5.82 Å². The molecule has 1 amide bonds. The third-order valence-electron chi connectivity index (χ3n) is 4.14. The molecule has 0 saturated heterocycles. The van der Waals surface area contributed by atoms with Crippen molar-refractivity contribution in [3.8, 4) is 28.6 Å². The van der Waals surface area contributed by atoms with Crippen molar-refractivity contribution in [2.45, 2.75) is 6.92 Å². The molecule has 0 spiro atoms. The molecule has 0 aliphatic heterocycles. The van der Waals surface area contributed by atoms with E-state index in [2.05, 4.69) is 20.4 Å². The van der Waals surface area contributed by atoms with Gasteiger partial charge in [0.05, 0.1) is 5.56 Å². The zero-order chi connectivity index (χ0) is 20.1. The highest BCUT2D eigenvalue weighted by molar-refractivity contribution is 5.91. The van der Waals surface area contributed by atoms with Crippen LogP contribution in [0.3, 0.4) is 0 Å². The van der Waals surface area contributed by atoms with Crippen molar-refractivity contribution in [1.29, 1.82) is 0 Å². The number of carbonyl (C=O) groups is 1. The van der Waals surface area contributed by atoms with Crippen LogP contribution in [0.15, 0.2) is 77.6 Å². The van der Waals surface area contributed by atoms with E-state index in [1.807, 2.05) is 49.4 Å². The molecule has 0 aliphatic carbocycles. The molecule has 4 aromatic rings. The fraction of sp³-hybridized carbons (Fsp3) is 0.0909. The van der Waals surface area contributed by atoms with Crippen LogP contribution in [0.5, 0.6) is 5.75 Å².